The molecule has 0 aromatic heterocycles. The molecule has 1 saturated heterocycles. The predicted molar refractivity (Wildman–Crippen MR) is 136 cm³/mol. The Balaban J connectivity index is 1.55. The van der Waals surface area contributed by atoms with Gasteiger partial charge in [-0.25, -0.2) is 4.39 Å². The van der Waals surface area contributed by atoms with Gasteiger partial charge in [-0.2, -0.15) is 0 Å². The van der Waals surface area contributed by atoms with Gasteiger partial charge in [0.2, 0.25) is 16.7 Å². The molecule has 0 radical (unpaired) electrons. The minimum Gasteiger partial charge on any atom is -0.324 e. The smallest absolute Gasteiger partial charge is 0.269 e. The van der Waals surface area contributed by atoms with E-state index in [0.717, 1.165) is 16.7 Å². The summed E-state index contributed by atoms with van der Waals surface area (Å²) in [7, 11) is 0. The van der Waals surface area contributed by atoms with Crippen molar-refractivity contribution in [3.8, 4) is 0 Å². The molecule has 2 heterocycles. The number of carbonyl (C=O) groups is 3. The third kappa shape index (κ3) is 3.78. The van der Waals surface area contributed by atoms with Crippen molar-refractivity contribution in [2.45, 2.75) is 25.6 Å². The number of fused-ring (bicyclic) bond motifs is 2. The van der Waals surface area contributed by atoms with Crippen LogP contribution in [0, 0.1) is 26.6 Å². The molecular weight excluding hydrogens is 465 g/mol. The summed E-state index contributed by atoms with van der Waals surface area (Å²) >= 11 is 1.20. The van der Waals surface area contributed by atoms with Gasteiger partial charge in [-0.05, 0) is 62.2 Å². The van der Waals surface area contributed by atoms with Crippen molar-refractivity contribution in [2.24, 2.45) is 0 Å². The fraction of sp³-hybridized carbons (Fsp3) is 0.222. The van der Waals surface area contributed by atoms with Crippen molar-refractivity contribution in [1.82, 2.24) is 0 Å². The number of rotatable bonds is 4. The first-order valence-corrected chi connectivity index (χ1v) is 12.2. The number of aryl methyl sites for hydroxylation is 3. The van der Waals surface area contributed by atoms with Crippen LogP contribution in [-0.2, 0) is 19.3 Å². The predicted octanol–water partition coefficient (Wildman–Crippen LogP) is 4.67. The molecule has 0 saturated carbocycles. The number of halogens is 1. The summed E-state index contributed by atoms with van der Waals surface area (Å²) in [6, 6.07) is 17.0. The highest BCUT2D eigenvalue weighted by Crippen LogP contribution is 2.55. The third-order valence-electron chi connectivity index (χ3n) is 6.35. The topological polar surface area (TPSA) is 69.7 Å². The molecule has 178 valence electrons. The second-order valence-electron chi connectivity index (χ2n) is 8.92. The summed E-state index contributed by atoms with van der Waals surface area (Å²) < 4.78 is 14.1. The number of hydrogen-bond acceptors (Lipinski definition) is 4. The van der Waals surface area contributed by atoms with Gasteiger partial charge >= 0.3 is 0 Å². The van der Waals surface area contributed by atoms with Gasteiger partial charge in [0, 0.05) is 16.9 Å². The van der Waals surface area contributed by atoms with Crippen molar-refractivity contribution in [3.63, 3.8) is 0 Å². The van der Waals surface area contributed by atoms with Gasteiger partial charge in [-0.1, -0.05) is 35.9 Å². The van der Waals surface area contributed by atoms with Gasteiger partial charge in [0.15, 0.2) is 0 Å². The highest BCUT2D eigenvalue weighted by Gasteiger charge is 2.61. The monoisotopic (exact) mass is 489 g/mol. The summed E-state index contributed by atoms with van der Waals surface area (Å²) in [5, 5.41) is 2.91. The Labute approximate surface area is 207 Å². The van der Waals surface area contributed by atoms with E-state index >= 15 is 0 Å². The maximum Gasteiger partial charge on any atom is 0.269 e. The number of nitrogens with one attached hydrogen (secondary N) is 1. The van der Waals surface area contributed by atoms with E-state index in [1.165, 1.54) is 39.8 Å². The van der Waals surface area contributed by atoms with E-state index < -0.39 is 16.6 Å². The minimum absolute atomic E-state index is 0.0676. The van der Waals surface area contributed by atoms with Crippen molar-refractivity contribution in [3.05, 3.63) is 88.7 Å². The molecule has 1 atom stereocenters. The van der Waals surface area contributed by atoms with E-state index in [1.807, 2.05) is 51.1 Å². The first kappa shape index (κ1) is 23.1. The van der Waals surface area contributed by atoms with E-state index in [9.17, 15) is 18.8 Å². The fourth-order valence-electron chi connectivity index (χ4n) is 4.69. The number of carbonyl (C=O) groups excluding carboxylic acids is 3. The quantitative estimate of drug-likeness (QED) is 0.578. The van der Waals surface area contributed by atoms with Crippen LogP contribution in [0.3, 0.4) is 0 Å². The number of benzene rings is 3. The fourth-order valence-corrected chi connectivity index (χ4v) is 6.04. The summed E-state index contributed by atoms with van der Waals surface area (Å²) in [6.07, 6.45) is 0. The van der Waals surface area contributed by atoms with E-state index in [1.54, 1.807) is 12.1 Å². The molecule has 0 aliphatic carbocycles. The zero-order valence-electron chi connectivity index (χ0n) is 19.6. The zero-order valence-corrected chi connectivity index (χ0v) is 20.4. The van der Waals surface area contributed by atoms with Crippen molar-refractivity contribution < 1.29 is 18.8 Å². The molecule has 1 fully saturated rings. The van der Waals surface area contributed by atoms with Gasteiger partial charge in [-0.15, -0.1) is 11.8 Å². The van der Waals surface area contributed by atoms with E-state index in [2.05, 4.69) is 5.32 Å². The third-order valence-corrected chi connectivity index (χ3v) is 7.73. The molecule has 5 rings (SSSR count). The van der Waals surface area contributed by atoms with Crippen LogP contribution < -0.4 is 15.1 Å². The summed E-state index contributed by atoms with van der Waals surface area (Å²) in [6.45, 7) is 5.54. The van der Waals surface area contributed by atoms with Crippen LogP contribution in [-0.4, -0.2) is 30.0 Å². The van der Waals surface area contributed by atoms with Crippen LogP contribution in [0.5, 0.6) is 0 Å². The lowest BCUT2D eigenvalue weighted by atomic mass is 10.0. The van der Waals surface area contributed by atoms with E-state index in [-0.39, 0.29) is 24.1 Å². The number of amides is 3. The van der Waals surface area contributed by atoms with Gasteiger partial charge in [0.25, 0.3) is 5.91 Å². The Kier molecular flexibility index (Phi) is 5.63. The zero-order chi connectivity index (χ0) is 24.9. The SMILES string of the molecule is Cc1ccc(C)c(NC(=O)CN2C(=O)[C@]3(SCC(=O)N3c3cccc(F)c3)c3cc(C)ccc32)c1. The molecule has 0 unspecified atom stereocenters. The van der Waals surface area contributed by atoms with Crippen LogP contribution in [0.1, 0.15) is 22.3 Å². The number of hydrogen-bond donors (Lipinski definition) is 1. The maximum atomic E-state index is 14.1. The van der Waals surface area contributed by atoms with Crippen LogP contribution >= 0.6 is 11.8 Å². The van der Waals surface area contributed by atoms with Crippen LogP contribution in [0.15, 0.2) is 60.7 Å². The van der Waals surface area contributed by atoms with Crippen LogP contribution in [0.2, 0.25) is 0 Å². The van der Waals surface area contributed by atoms with Gasteiger partial charge < -0.3 is 5.32 Å². The molecular formula is C27H24FN3O3S. The van der Waals surface area contributed by atoms with Crippen molar-refractivity contribution >= 4 is 46.5 Å². The Morgan fingerprint density at radius 3 is 2.54 bits per heavy atom. The van der Waals surface area contributed by atoms with Crippen LogP contribution in [0.25, 0.3) is 0 Å². The molecule has 2 aliphatic heterocycles. The normalized spacial score (nSPS) is 19.0. The van der Waals surface area contributed by atoms with Gasteiger partial charge in [0.05, 0.1) is 11.4 Å². The lowest BCUT2D eigenvalue weighted by Crippen LogP contribution is -2.51. The van der Waals surface area contributed by atoms with E-state index in [0.29, 0.717) is 22.6 Å². The highest BCUT2D eigenvalue weighted by atomic mass is 32.2. The standard InChI is InChI=1S/C27H24FN3O3S/c1-16-8-10-23-21(11-16)27(31(25(33)15-35-27)20-6-4-5-19(28)13-20)26(34)30(23)14-24(32)29-22-12-17(2)7-9-18(22)3/h4-13H,14-15H2,1-3H3,(H,29,32)/t27-/m1/s1. The average Bonchev–Trinajstić information content (AvgIpc) is 3.27. The van der Waals surface area contributed by atoms with Gasteiger partial charge in [-0.3, -0.25) is 24.2 Å². The average molecular weight is 490 g/mol. The first-order chi connectivity index (χ1) is 16.7. The lowest BCUT2D eigenvalue weighted by molar-refractivity contribution is -0.124. The minimum atomic E-state index is -1.40. The Morgan fingerprint density at radius 2 is 1.77 bits per heavy atom. The lowest BCUT2D eigenvalue weighted by Gasteiger charge is -2.33. The number of anilines is 3. The molecule has 3 amide bonds. The maximum absolute atomic E-state index is 14.1. The van der Waals surface area contributed by atoms with Crippen molar-refractivity contribution in [2.75, 3.05) is 27.4 Å². The second kappa shape index (κ2) is 8.53. The summed E-state index contributed by atoms with van der Waals surface area (Å²) in [5.41, 5.74) is 5.03. The highest BCUT2D eigenvalue weighted by molar-refractivity contribution is 8.02. The van der Waals surface area contributed by atoms with E-state index in [4.69, 9.17) is 0 Å². The molecule has 8 heteroatoms. The molecule has 2 aliphatic rings. The molecule has 1 spiro atoms. The molecule has 35 heavy (non-hydrogen) atoms. The largest absolute Gasteiger partial charge is 0.324 e. The number of thioether (sulfide) groups is 1. The van der Waals surface area contributed by atoms with Crippen LogP contribution in [0.4, 0.5) is 21.5 Å². The second-order valence-corrected chi connectivity index (χ2v) is 10.1. The molecule has 6 nitrogen and oxygen atoms in total. The molecule has 0 bridgehead atoms. The first-order valence-electron chi connectivity index (χ1n) is 11.2. The Bertz CT molecular complexity index is 1390. The number of nitrogens with zero attached hydrogens (tertiary/aromatic N) is 2. The van der Waals surface area contributed by atoms with Crippen molar-refractivity contribution in [1.29, 1.82) is 0 Å². The Morgan fingerprint density at radius 1 is 1.03 bits per heavy atom. The molecule has 3 aromatic carbocycles. The molecule has 3 aromatic rings. The summed E-state index contributed by atoms with van der Waals surface area (Å²) in [5.74, 6) is -1.46. The summed E-state index contributed by atoms with van der Waals surface area (Å²) in [4.78, 5) is 41.6. The Hall–Kier alpha value is -3.65. The van der Waals surface area contributed by atoms with Gasteiger partial charge in [0.1, 0.15) is 12.4 Å². The molecule has 1 N–H and O–H groups in total.